The molecule has 3 unspecified atom stereocenters. The molecule has 3 atom stereocenters. The summed E-state index contributed by atoms with van der Waals surface area (Å²) in [6.07, 6.45) is 1.31. The zero-order valence-corrected chi connectivity index (χ0v) is 7.44. The average molecular weight is 148 g/mol. The monoisotopic (exact) mass is 148 g/mol. The lowest BCUT2D eigenvalue weighted by Gasteiger charge is -2.16. The van der Waals surface area contributed by atoms with Gasteiger partial charge in [-0.1, -0.05) is 13.8 Å². The molecule has 0 nitrogen and oxygen atoms in total. The zero-order chi connectivity index (χ0) is 6.36. The molecule has 1 aliphatic rings. The van der Waals surface area contributed by atoms with Crippen molar-refractivity contribution in [1.29, 1.82) is 0 Å². The molecule has 0 aromatic heterocycles. The van der Waals surface area contributed by atoms with Crippen LogP contribution in [0.2, 0.25) is 0 Å². The van der Waals surface area contributed by atoms with Crippen molar-refractivity contribution in [3.05, 3.63) is 0 Å². The van der Waals surface area contributed by atoms with E-state index in [-0.39, 0.29) is 0 Å². The van der Waals surface area contributed by atoms with Crippen LogP contribution >= 0.6 is 21.9 Å². The van der Waals surface area contributed by atoms with Crippen LogP contribution in [0.5, 0.6) is 0 Å². The van der Waals surface area contributed by atoms with E-state index in [1.165, 1.54) is 6.42 Å². The normalized spacial score (nSPS) is 37.5. The molecule has 48 valence electrons. The fourth-order valence-corrected chi connectivity index (χ4v) is 2.12. The van der Waals surface area contributed by atoms with E-state index in [1.807, 2.05) is 0 Å². The first kappa shape index (κ1) is 6.89. The van der Waals surface area contributed by atoms with Crippen LogP contribution in [-0.2, 0) is 0 Å². The number of rotatable bonds is 1. The Morgan fingerprint density at radius 2 is 2.00 bits per heavy atom. The van der Waals surface area contributed by atoms with Gasteiger partial charge in [0.15, 0.2) is 0 Å². The minimum Gasteiger partial charge on any atom is -0.176 e. The molecule has 1 aliphatic carbocycles. The molecular formula is C6H13PS. The molecule has 0 spiro atoms. The molecule has 0 bridgehead atoms. The maximum absolute atomic E-state index is 4.35. The van der Waals surface area contributed by atoms with Crippen LogP contribution < -0.4 is 0 Å². The van der Waals surface area contributed by atoms with E-state index in [0.717, 1.165) is 5.92 Å². The SMILES string of the molecule is CC(C)(P)C1CC1S. The molecule has 0 saturated heterocycles. The van der Waals surface area contributed by atoms with Gasteiger partial charge in [0, 0.05) is 5.25 Å². The summed E-state index contributed by atoms with van der Waals surface area (Å²) in [5.74, 6) is 0.843. The second-order valence-corrected chi connectivity index (χ2v) is 5.38. The minimum absolute atomic E-state index is 0.423. The van der Waals surface area contributed by atoms with E-state index >= 15 is 0 Å². The molecular weight excluding hydrogens is 135 g/mol. The summed E-state index contributed by atoms with van der Waals surface area (Å²) in [7, 11) is 2.87. The van der Waals surface area contributed by atoms with Crippen LogP contribution in [0.25, 0.3) is 0 Å². The predicted molar refractivity (Wildman–Crippen MR) is 44.7 cm³/mol. The van der Waals surface area contributed by atoms with Crippen molar-refractivity contribution in [1.82, 2.24) is 0 Å². The highest BCUT2D eigenvalue weighted by Gasteiger charge is 2.42. The molecule has 0 heterocycles. The van der Waals surface area contributed by atoms with Gasteiger partial charge in [-0.15, -0.1) is 9.24 Å². The summed E-state index contributed by atoms with van der Waals surface area (Å²) in [6.45, 7) is 4.50. The molecule has 1 saturated carbocycles. The van der Waals surface area contributed by atoms with Crippen molar-refractivity contribution in [2.75, 3.05) is 0 Å². The summed E-state index contributed by atoms with van der Waals surface area (Å²) >= 11 is 4.35. The zero-order valence-electron chi connectivity index (χ0n) is 5.39. The third-order valence-corrected chi connectivity index (χ3v) is 2.71. The van der Waals surface area contributed by atoms with E-state index < -0.39 is 0 Å². The first-order chi connectivity index (χ1) is 3.52. The van der Waals surface area contributed by atoms with E-state index in [2.05, 4.69) is 35.7 Å². The second-order valence-electron chi connectivity index (χ2n) is 3.23. The van der Waals surface area contributed by atoms with Gasteiger partial charge in [0.1, 0.15) is 0 Å². The quantitative estimate of drug-likeness (QED) is 0.426. The molecule has 0 aromatic carbocycles. The molecule has 2 heteroatoms. The van der Waals surface area contributed by atoms with Crippen molar-refractivity contribution < 1.29 is 0 Å². The Hall–Kier alpha value is 0.780. The topological polar surface area (TPSA) is 0 Å². The van der Waals surface area contributed by atoms with Crippen molar-refractivity contribution >= 4 is 21.9 Å². The Morgan fingerprint density at radius 3 is 2.00 bits per heavy atom. The lowest BCUT2D eigenvalue weighted by Crippen LogP contribution is -2.13. The third kappa shape index (κ3) is 1.39. The van der Waals surface area contributed by atoms with Gasteiger partial charge in [0.2, 0.25) is 0 Å². The Morgan fingerprint density at radius 1 is 1.62 bits per heavy atom. The largest absolute Gasteiger partial charge is 0.176 e. The van der Waals surface area contributed by atoms with Gasteiger partial charge in [0.05, 0.1) is 0 Å². The molecule has 1 rings (SSSR count). The van der Waals surface area contributed by atoms with Crippen molar-refractivity contribution in [2.24, 2.45) is 5.92 Å². The first-order valence-electron chi connectivity index (χ1n) is 2.99. The van der Waals surface area contributed by atoms with Gasteiger partial charge in [-0.3, -0.25) is 0 Å². The maximum Gasteiger partial charge on any atom is 0.00571 e. The molecule has 0 radical (unpaired) electrons. The second kappa shape index (κ2) is 1.88. The Kier molecular flexibility index (Phi) is 1.62. The standard InChI is InChI=1S/C6H13PS/c1-6(2,7)4-3-5(4)8/h4-5,8H,3,7H2,1-2H3. The fraction of sp³-hybridized carbons (Fsp3) is 1.00. The highest BCUT2D eigenvalue weighted by atomic mass is 32.1. The predicted octanol–water partition coefficient (Wildman–Crippen LogP) is 1.96. The molecule has 0 aromatic rings. The van der Waals surface area contributed by atoms with E-state index in [9.17, 15) is 0 Å². The van der Waals surface area contributed by atoms with Crippen LogP contribution in [0, 0.1) is 5.92 Å². The fourth-order valence-electron chi connectivity index (χ4n) is 0.981. The lowest BCUT2D eigenvalue weighted by molar-refractivity contribution is 0.623. The van der Waals surface area contributed by atoms with Gasteiger partial charge in [0.25, 0.3) is 0 Å². The van der Waals surface area contributed by atoms with E-state index in [0.29, 0.717) is 10.4 Å². The van der Waals surface area contributed by atoms with Crippen LogP contribution in [-0.4, -0.2) is 10.4 Å². The van der Waals surface area contributed by atoms with Crippen LogP contribution in [0.1, 0.15) is 20.3 Å². The summed E-state index contributed by atoms with van der Waals surface area (Å²) in [4.78, 5) is 0. The van der Waals surface area contributed by atoms with E-state index in [1.54, 1.807) is 0 Å². The summed E-state index contributed by atoms with van der Waals surface area (Å²) in [6, 6.07) is 0. The van der Waals surface area contributed by atoms with Gasteiger partial charge in [-0.2, -0.15) is 12.6 Å². The summed E-state index contributed by atoms with van der Waals surface area (Å²) in [5.41, 5.74) is 0. The average Bonchev–Trinajstić information content (AvgIpc) is 2.13. The van der Waals surface area contributed by atoms with Crippen LogP contribution in [0.15, 0.2) is 0 Å². The summed E-state index contributed by atoms with van der Waals surface area (Å²) < 4.78 is 0. The molecule has 0 aliphatic heterocycles. The minimum atomic E-state index is 0.423. The molecule has 8 heavy (non-hydrogen) atoms. The number of thiol groups is 1. The van der Waals surface area contributed by atoms with Gasteiger partial charge in [-0.25, -0.2) is 0 Å². The Labute approximate surface area is 59.0 Å². The van der Waals surface area contributed by atoms with Gasteiger partial charge in [-0.05, 0) is 17.5 Å². The molecule has 0 amide bonds. The Balaban J connectivity index is 2.39. The molecule has 0 N–H and O–H groups in total. The smallest absolute Gasteiger partial charge is 0.00571 e. The number of hydrogen-bond acceptors (Lipinski definition) is 1. The van der Waals surface area contributed by atoms with Crippen LogP contribution in [0.3, 0.4) is 0 Å². The van der Waals surface area contributed by atoms with Gasteiger partial charge < -0.3 is 0 Å². The third-order valence-electron chi connectivity index (χ3n) is 1.71. The highest BCUT2D eigenvalue weighted by molar-refractivity contribution is 7.81. The summed E-state index contributed by atoms with van der Waals surface area (Å²) in [5, 5.41) is 1.11. The Bertz CT molecular complexity index is 95.2. The first-order valence-corrected chi connectivity index (χ1v) is 4.08. The van der Waals surface area contributed by atoms with Crippen LogP contribution in [0.4, 0.5) is 0 Å². The maximum atomic E-state index is 4.35. The van der Waals surface area contributed by atoms with Crippen molar-refractivity contribution in [3.8, 4) is 0 Å². The highest BCUT2D eigenvalue weighted by Crippen LogP contribution is 2.47. The van der Waals surface area contributed by atoms with E-state index in [4.69, 9.17) is 0 Å². The van der Waals surface area contributed by atoms with Crippen molar-refractivity contribution in [2.45, 2.75) is 30.7 Å². The van der Waals surface area contributed by atoms with Gasteiger partial charge >= 0.3 is 0 Å². The lowest BCUT2D eigenvalue weighted by atomic mass is 10.1. The molecule has 1 fully saturated rings. The van der Waals surface area contributed by atoms with Crippen molar-refractivity contribution in [3.63, 3.8) is 0 Å². The number of hydrogen-bond donors (Lipinski definition) is 1.